The molecule has 0 saturated carbocycles. The van der Waals surface area contributed by atoms with Crippen molar-refractivity contribution in [1.82, 2.24) is 0 Å². The first-order chi connectivity index (χ1) is 8.19. The van der Waals surface area contributed by atoms with E-state index >= 15 is 0 Å². The van der Waals surface area contributed by atoms with Crippen molar-refractivity contribution < 1.29 is 0 Å². The zero-order chi connectivity index (χ0) is 12.7. The quantitative estimate of drug-likeness (QED) is 0.475. The molecule has 1 unspecified atom stereocenters. The second-order valence-corrected chi connectivity index (χ2v) is 4.41. The predicted molar refractivity (Wildman–Crippen MR) is 77.8 cm³/mol. The maximum atomic E-state index is 3.81. The van der Waals surface area contributed by atoms with Gasteiger partial charge in [-0.05, 0) is 42.9 Å². The molecule has 0 N–H and O–H groups in total. The number of hydrogen-bond acceptors (Lipinski definition) is 0. The summed E-state index contributed by atoms with van der Waals surface area (Å²) in [4.78, 5) is 0. The summed E-state index contributed by atoms with van der Waals surface area (Å²) in [5.41, 5.74) is 3.98. The van der Waals surface area contributed by atoms with E-state index in [1.54, 1.807) is 0 Å². The topological polar surface area (TPSA) is 0 Å². The highest BCUT2D eigenvalue weighted by Crippen LogP contribution is 2.22. The molecule has 0 aliphatic rings. The number of allylic oxidation sites excluding steroid dienone is 5. The second-order valence-electron chi connectivity index (χ2n) is 4.41. The van der Waals surface area contributed by atoms with Crippen LogP contribution in [0.3, 0.4) is 0 Å². The van der Waals surface area contributed by atoms with Crippen LogP contribution in [0.25, 0.3) is 5.57 Å². The Morgan fingerprint density at radius 2 is 1.94 bits per heavy atom. The molecule has 0 aliphatic heterocycles. The number of benzene rings is 1. The maximum Gasteiger partial charge on any atom is -0.0159 e. The van der Waals surface area contributed by atoms with Crippen molar-refractivity contribution in [2.75, 3.05) is 0 Å². The molecule has 1 aromatic carbocycles. The molecule has 17 heavy (non-hydrogen) atoms. The highest BCUT2D eigenvalue weighted by Gasteiger charge is 2.04. The molecule has 0 nitrogen and oxygen atoms in total. The predicted octanol–water partition coefficient (Wildman–Crippen LogP) is 5.25. The average Bonchev–Trinajstić information content (AvgIpc) is 2.37. The van der Waals surface area contributed by atoms with Gasteiger partial charge in [-0.2, -0.15) is 0 Å². The highest BCUT2D eigenvalue weighted by molar-refractivity contribution is 5.66. The van der Waals surface area contributed by atoms with E-state index in [1.807, 2.05) is 12.1 Å². The summed E-state index contributed by atoms with van der Waals surface area (Å²) in [6, 6.07) is 10.5. The fraction of sp³-hybridized carbons (Fsp3) is 0.294. The van der Waals surface area contributed by atoms with Crippen LogP contribution in [0.2, 0.25) is 0 Å². The zero-order valence-electron chi connectivity index (χ0n) is 11.1. The Hall–Kier alpha value is -1.56. The fourth-order valence-electron chi connectivity index (χ4n) is 1.93. The Balaban J connectivity index is 2.90. The van der Waals surface area contributed by atoms with Gasteiger partial charge in [0, 0.05) is 0 Å². The Kier molecular flexibility index (Phi) is 5.48. The van der Waals surface area contributed by atoms with E-state index in [4.69, 9.17) is 0 Å². The molecule has 0 fully saturated rings. The molecule has 0 heterocycles. The van der Waals surface area contributed by atoms with Gasteiger partial charge >= 0.3 is 0 Å². The minimum Gasteiger partial charge on any atom is -0.103 e. The van der Waals surface area contributed by atoms with E-state index in [0.717, 1.165) is 6.42 Å². The van der Waals surface area contributed by atoms with Gasteiger partial charge in [0.1, 0.15) is 0 Å². The lowest BCUT2D eigenvalue weighted by Crippen LogP contribution is -1.96. The molecule has 0 bridgehead atoms. The summed E-state index contributed by atoms with van der Waals surface area (Å²) in [5.74, 6) is 0.538. The van der Waals surface area contributed by atoms with E-state index < -0.39 is 0 Å². The molecule has 0 amide bonds. The molecule has 0 saturated heterocycles. The van der Waals surface area contributed by atoms with E-state index in [0.29, 0.717) is 5.92 Å². The summed E-state index contributed by atoms with van der Waals surface area (Å²) in [7, 11) is 0. The standard InChI is InChI=1S/C17H22/c1-5-10-14(3)16(6-2)13-15(4)17-11-8-7-9-12-17/h5-9,11-14H,1,10H2,2-4H3. The van der Waals surface area contributed by atoms with E-state index in [1.165, 1.54) is 16.7 Å². The monoisotopic (exact) mass is 226 g/mol. The lowest BCUT2D eigenvalue weighted by atomic mass is 9.94. The Bertz CT molecular complexity index is 407. The molecular weight excluding hydrogens is 204 g/mol. The minimum absolute atomic E-state index is 0.538. The lowest BCUT2D eigenvalue weighted by Gasteiger charge is -2.11. The first-order valence-corrected chi connectivity index (χ1v) is 6.19. The third-order valence-electron chi connectivity index (χ3n) is 3.03. The zero-order valence-corrected chi connectivity index (χ0v) is 11.1. The van der Waals surface area contributed by atoms with Crippen LogP contribution < -0.4 is 0 Å². The SMILES string of the molecule is C=CCC(C)C(C=C(C)c1ccccc1)=CC. The van der Waals surface area contributed by atoms with Gasteiger partial charge in [0.2, 0.25) is 0 Å². The van der Waals surface area contributed by atoms with Crippen molar-refractivity contribution in [2.45, 2.75) is 27.2 Å². The van der Waals surface area contributed by atoms with Crippen LogP contribution in [0, 0.1) is 5.92 Å². The largest absolute Gasteiger partial charge is 0.103 e. The summed E-state index contributed by atoms with van der Waals surface area (Å²) in [6.07, 6.45) is 7.49. The van der Waals surface area contributed by atoms with Crippen molar-refractivity contribution in [2.24, 2.45) is 5.92 Å². The summed E-state index contributed by atoms with van der Waals surface area (Å²) < 4.78 is 0. The van der Waals surface area contributed by atoms with Gasteiger partial charge in [-0.1, -0.05) is 55.5 Å². The van der Waals surface area contributed by atoms with Crippen LogP contribution in [0.1, 0.15) is 32.8 Å². The Morgan fingerprint density at radius 1 is 1.29 bits per heavy atom. The second kappa shape index (κ2) is 6.90. The van der Waals surface area contributed by atoms with E-state index in [9.17, 15) is 0 Å². The minimum atomic E-state index is 0.538. The van der Waals surface area contributed by atoms with Crippen molar-refractivity contribution in [1.29, 1.82) is 0 Å². The fourth-order valence-corrected chi connectivity index (χ4v) is 1.93. The molecule has 0 spiro atoms. The molecule has 0 aliphatic carbocycles. The van der Waals surface area contributed by atoms with Gasteiger partial charge in [0.05, 0.1) is 0 Å². The first kappa shape index (κ1) is 13.5. The van der Waals surface area contributed by atoms with Crippen LogP contribution in [0.15, 0.2) is 60.7 Å². The van der Waals surface area contributed by atoms with Gasteiger partial charge in [-0.15, -0.1) is 6.58 Å². The van der Waals surface area contributed by atoms with Crippen LogP contribution in [-0.2, 0) is 0 Å². The molecule has 0 radical (unpaired) electrons. The normalized spacial score (nSPS) is 14.5. The molecule has 0 heteroatoms. The summed E-state index contributed by atoms with van der Waals surface area (Å²) in [5, 5.41) is 0. The number of rotatable bonds is 5. The first-order valence-electron chi connectivity index (χ1n) is 6.19. The lowest BCUT2D eigenvalue weighted by molar-refractivity contribution is 0.712. The Labute approximate surface area is 105 Å². The maximum absolute atomic E-state index is 3.81. The molecule has 1 atom stereocenters. The van der Waals surface area contributed by atoms with Crippen molar-refractivity contribution in [3.8, 4) is 0 Å². The average molecular weight is 226 g/mol. The van der Waals surface area contributed by atoms with Crippen LogP contribution in [-0.4, -0.2) is 0 Å². The van der Waals surface area contributed by atoms with Crippen molar-refractivity contribution in [3.05, 3.63) is 66.3 Å². The van der Waals surface area contributed by atoms with Gasteiger partial charge in [-0.3, -0.25) is 0 Å². The van der Waals surface area contributed by atoms with Gasteiger partial charge in [0.15, 0.2) is 0 Å². The van der Waals surface area contributed by atoms with Crippen LogP contribution >= 0.6 is 0 Å². The van der Waals surface area contributed by atoms with Crippen LogP contribution in [0.5, 0.6) is 0 Å². The molecule has 1 aromatic rings. The molecular formula is C17H22. The molecule has 0 aromatic heterocycles. The smallest absolute Gasteiger partial charge is 0.0159 e. The molecule has 1 rings (SSSR count). The number of hydrogen-bond donors (Lipinski definition) is 0. The third kappa shape index (κ3) is 4.07. The van der Waals surface area contributed by atoms with Gasteiger partial charge in [0.25, 0.3) is 0 Å². The molecule has 90 valence electrons. The van der Waals surface area contributed by atoms with E-state index in [2.05, 4.69) is 63.8 Å². The van der Waals surface area contributed by atoms with Gasteiger partial charge in [-0.25, -0.2) is 0 Å². The Morgan fingerprint density at radius 3 is 2.47 bits per heavy atom. The summed E-state index contributed by atoms with van der Waals surface area (Å²) in [6.45, 7) is 10.3. The third-order valence-corrected chi connectivity index (χ3v) is 3.03. The van der Waals surface area contributed by atoms with Gasteiger partial charge < -0.3 is 0 Å². The van der Waals surface area contributed by atoms with E-state index in [-0.39, 0.29) is 0 Å². The van der Waals surface area contributed by atoms with Crippen molar-refractivity contribution >= 4 is 5.57 Å². The summed E-state index contributed by atoms with van der Waals surface area (Å²) >= 11 is 0. The highest BCUT2D eigenvalue weighted by atomic mass is 14.1. The van der Waals surface area contributed by atoms with Crippen LogP contribution in [0.4, 0.5) is 0 Å². The van der Waals surface area contributed by atoms with Crippen molar-refractivity contribution in [3.63, 3.8) is 0 Å².